The third kappa shape index (κ3) is 2.00. The Morgan fingerprint density at radius 2 is 1.94 bits per heavy atom. The molecule has 0 aromatic rings. The summed E-state index contributed by atoms with van der Waals surface area (Å²) in [5.41, 5.74) is -2.32. The van der Waals surface area contributed by atoms with Gasteiger partial charge in [0.1, 0.15) is 12.4 Å². The standard InChI is InChI=1S/C26H39NO7/c1-6-27-11-23(12-29-2)8-7-17(31-4)25-15-9-14-16(30-3)10-24(18(15)19(14)32-5)26(22(25)27,34-13-33-24)21(28)20(23)25/h14-20,22H,6-13H2,1-5H3/t14-,15-,16+,17+,18-,19+,20-,22?,23+,24-,25+,26-/m1/s1. The number of ketones is 1. The van der Waals surface area contributed by atoms with Crippen LogP contribution in [0.1, 0.15) is 32.6 Å². The lowest BCUT2D eigenvalue weighted by atomic mass is 9.42. The van der Waals surface area contributed by atoms with Gasteiger partial charge in [0.15, 0.2) is 11.4 Å². The summed E-state index contributed by atoms with van der Waals surface area (Å²) in [6, 6.07) is -0.0617. The maximum atomic E-state index is 15.1. The van der Waals surface area contributed by atoms with Crippen molar-refractivity contribution in [2.24, 2.45) is 34.5 Å². The molecule has 2 saturated heterocycles. The molecule has 190 valence electrons. The third-order valence-electron chi connectivity index (χ3n) is 11.8. The summed E-state index contributed by atoms with van der Waals surface area (Å²) in [5, 5.41) is 0. The van der Waals surface area contributed by atoms with Crippen LogP contribution in [-0.2, 0) is 33.2 Å². The molecule has 5 saturated carbocycles. The van der Waals surface area contributed by atoms with E-state index in [1.165, 1.54) is 0 Å². The van der Waals surface area contributed by atoms with Crippen molar-refractivity contribution in [3.63, 3.8) is 0 Å². The molecule has 0 amide bonds. The highest BCUT2D eigenvalue weighted by atomic mass is 16.7. The number of rotatable bonds is 6. The fraction of sp³-hybridized carbons (Fsp3) is 0.962. The quantitative estimate of drug-likeness (QED) is 0.570. The average molecular weight is 478 g/mol. The smallest absolute Gasteiger partial charge is 0.174 e. The summed E-state index contributed by atoms with van der Waals surface area (Å²) < 4.78 is 38.0. The molecule has 34 heavy (non-hydrogen) atoms. The van der Waals surface area contributed by atoms with Crippen LogP contribution >= 0.6 is 0 Å². The minimum Gasteiger partial charge on any atom is -0.384 e. The summed E-state index contributed by atoms with van der Waals surface area (Å²) in [6.07, 6.45) is 3.50. The van der Waals surface area contributed by atoms with Crippen LogP contribution in [0.5, 0.6) is 0 Å². The molecular formula is C26H39NO7. The molecule has 1 unspecified atom stereocenters. The molecule has 3 spiro atoms. The normalized spacial score (nSPS) is 58.9. The molecule has 2 aliphatic heterocycles. The predicted molar refractivity (Wildman–Crippen MR) is 120 cm³/mol. The van der Waals surface area contributed by atoms with Gasteiger partial charge in [-0.2, -0.15) is 0 Å². The Balaban J connectivity index is 1.56. The third-order valence-corrected chi connectivity index (χ3v) is 11.8. The van der Waals surface area contributed by atoms with Gasteiger partial charge in [0, 0.05) is 70.0 Å². The molecule has 0 N–H and O–H groups in total. The number of likely N-dealkylation sites (N-methyl/N-ethyl adjacent to an activating group) is 1. The first kappa shape index (κ1) is 22.6. The summed E-state index contributed by atoms with van der Waals surface area (Å²) in [6.45, 7) is 4.67. The average Bonchev–Trinajstić information content (AvgIpc) is 3.42. The number of nitrogens with zero attached hydrogens (tertiary/aromatic N) is 1. The van der Waals surface area contributed by atoms with Crippen LogP contribution in [0.3, 0.4) is 0 Å². The number of fused-ring (bicyclic) bond motifs is 1. The highest BCUT2D eigenvalue weighted by molar-refractivity contribution is 5.98. The number of methoxy groups -OCH3 is 4. The monoisotopic (exact) mass is 477 g/mol. The number of hydrogen-bond acceptors (Lipinski definition) is 8. The van der Waals surface area contributed by atoms with Gasteiger partial charge in [-0.3, -0.25) is 9.69 Å². The van der Waals surface area contributed by atoms with Crippen molar-refractivity contribution < 1.29 is 33.2 Å². The van der Waals surface area contributed by atoms with Crippen LogP contribution in [0, 0.1) is 34.5 Å². The summed E-state index contributed by atoms with van der Waals surface area (Å²) in [4.78, 5) is 17.6. The summed E-state index contributed by atoms with van der Waals surface area (Å²) in [7, 11) is 7.21. The first-order chi connectivity index (χ1) is 16.5. The molecule has 7 rings (SSSR count). The number of piperidine rings is 1. The van der Waals surface area contributed by atoms with E-state index in [1.54, 1.807) is 14.2 Å². The number of Topliss-reactive ketones (excluding diaryl/α,β-unsaturated/α-hetero) is 1. The molecule has 7 aliphatic rings. The molecule has 0 aromatic carbocycles. The summed E-state index contributed by atoms with van der Waals surface area (Å²) >= 11 is 0. The van der Waals surface area contributed by atoms with Crippen molar-refractivity contribution in [1.29, 1.82) is 0 Å². The second-order valence-electron chi connectivity index (χ2n) is 12.1. The van der Waals surface area contributed by atoms with Crippen LogP contribution in [-0.4, -0.2) is 101 Å². The van der Waals surface area contributed by atoms with E-state index < -0.39 is 11.2 Å². The second-order valence-corrected chi connectivity index (χ2v) is 12.1. The van der Waals surface area contributed by atoms with Gasteiger partial charge in [-0.05, 0) is 31.7 Å². The van der Waals surface area contributed by atoms with E-state index in [4.69, 9.17) is 28.4 Å². The lowest BCUT2D eigenvalue weighted by Gasteiger charge is -2.69. The Kier molecular flexibility index (Phi) is 4.67. The van der Waals surface area contributed by atoms with Gasteiger partial charge in [0.25, 0.3) is 0 Å². The van der Waals surface area contributed by atoms with E-state index in [1.807, 2.05) is 14.2 Å². The highest BCUT2D eigenvalue weighted by Gasteiger charge is 2.94. The van der Waals surface area contributed by atoms with E-state index in [0.717, 1.165) is 32.4 Å². The van der Waals surface area contributed by atoms with Gasteiger partial charge in [0.05, 0.1) is 31.0 Å². The largest absolute Gasteiger partial charge is 0.384 e. The molecule has 7 fully saturated rings. The van der Waals surface area contributed by atoms with Crippen molar-refractivity contribution >= 4 is 5.78 Å². The molecular weight excluding hydrogens is 438 g/mol. The van der Waals surface area contributed by atoms with E-state index in [2.05, 4.69) is 11.8 Å². The van der Waals surface area contributed by atoms with E-state index in [0.29, 0.717) is 13.0 Å². The first-order valence-corrected chi connectivity index (χ1v) is 13.1. The maximum absolute atomic E-state index is 15.1. The van der Waals surface area contributed by atoms with E-state index in [-0.39, 0.29) is 71.4 Å². The van der Waals surface area contributed by atoms with Crippen LogP contribution < -0.4 is 0 Å². The van der Waals surface area contributed by atoms with Gasteiger partial charge in [0.2, 0.25) is 0 Å². The fourth-order valence-electron chi connectivity index (χ4n) is 11.4. The van der Waals surface area contributed by atoms with Crippen molar-refractivity contribution in [2.45, 2.75) is 68.2 Å². The van der Waals surface area contributed by atoms with E-state index >= 15 is 4.79 Å². The number of hydrogen-bond donors (Lipinski definition) is 0. The molecule has 5 aliphatic carbocycles. The van der Waals surface area contributed by atoms with Crippen LogP contribution in [0.25, 0.3) is 0 Å². The fourth-order valence-corrected chi connectivity index (χ4v) is 11.4. The minimum atomic E-state index is -1.02. The Hall–Kier alpha value is -0.610. The van der Waals surface area contributed by atoms with Crippen LogP contribution in [0.15, 0.2) is 0 Å². The lowest BCUT2D eigenvalue weighted by molar-refractivity contribution is -0.286. The van der Waals surface area contributed by atoms with Crippen molar-refractivity contribution in [3.8, 4) is 0 Å². The zero-order valence-electron chi connectivity index (χ0n) is 21.1. The highest BCUT2D eigenvalue weighted by Crippen LogP contribution is 2.81. The number of likely N-dealkylation sites (tertiary alicyclic amines) is 1. The van der Waals surface area contributed by atoms with E-state index in [9.17, 15) is 0 Å². The zero-order valence-corrected chi connectivity index (χ0v) is 21.1. The molecule has 7 bridgehead atoms. The Morgan fingerprint density at radius 3 is 2.62 bits per heavy atom. The van der Waals surface area contributed by atoms with Crippen LogP contribution in [0.4, 0.5) is 0 Å². The summed E-state index contributed by atoms with van der Waals surface area (Å²) in [5.74, 6) is 0.706. The Bertz CT molecular complexity index is 900. The number of ether oxygens (including phenoxy) is 6. The van der Waals surface area contributed by atoms with Gasteiger partial charge in [-0.25, -0.2) is 0 Å². The van der Waals surface area contributed by atoms with Crippen molar-refractivity contribution in [3.05, 3.63) is 0 Å². The molecule has 8 nitrogen and oxygen atoms in total. The second kappa shape index (κ2) is 7.03. The molecule has 2 heterocycles. The molecule has 12 atom stereocenters. The van der Waals surface area contributed by atoms with Crippen LogP contribution in [0.2, 0.25) is 0 Å². The van der Waals surface area contributed by atoms with Crippen molar-refractivity contribution in [2.75, 3.05) is 54.9 Å². The van der Waals surface area contributed by atoms with Gasteiger partial charge in [-0.15, -0.1) is 0 Å². The van der Waals surface area contributed by atoms with Gasteiger partial charge < -0.3 is 28.4 Å². The zero-order chi connectivity index (χ0) is 23.7. The minimum absolute atomic E-state index is 0.00444. The van der Waals surface area contributed by atoms with Crippen molar-refractivity contribution in [1.82, 2.24) is 4.90 Å². The lowest BCUT2D eigenvalue weighted by Crippen LogP contribution is -2.81. The Labute approximate surface area is 201 Å². The Morgan fingerprint density at radius 1 is 1.12 bits per heavy atom. The van der Waals surface area contributed by atoms with Gasteiger partial charge >= 0.3 is 0 Å². The number of carbonyl (C=O) groups excluding carboxylic acids is 1. The SMILES string of the molecule is CCN1C[C@]2(COC)CC[C@H](OC)[C@@]34C1[C@]1(OCO[C@@]15C[C@H](OC)[C@H]1C[C@@H]3[C@@H]5[C@H]1OC)C(=O)[C@H]24. The molecule has 0 radical (unpaired) electrons. The maximum Gasteiger partial charge on any atom is 0.174 e. The van der Waals surface area contributed by atoms with Gasteiger partial charge in [-0.1, -0.05) is 6.92 Å². The molecule has 8 heteroatoms. The topological polar surface area (TPSA) is 75.7 Å². The molecule has 0 aromatic heterocycles. The first-order valence-electron chi connectivity index (χ1n) is 13.1. The predicted octanol–water partition coefficient (Wildman–Crippen LogP) is 1.50. The number of carbonyl (C=O) groups is 1.